The van der Waals surface area contributed by atoms with Gasteiger partial charge in [-0.15, -0.1) is 0 Å². The van der Waals surface area contributed by atoms with Crippen molar-refractivity contribution in [3.05, 3.63) is 119 Å². The molecule has 4 aromatic rings. The standard InChI is InChI=1S/C50H63N5O7/c1-30-40-25-37(50(40,3)4)26-41(30)52-49(60)45-44(31(2)57)43(29-56)62-55(45)28-34-19-14-20-39(46(34)61-7)35-22-36(24-38(23-35)54(5)6)47(58)53-42(21-32-15-10-8-11-16-32)48(59)51-27-33-17-12-9-13-18-33/h8-20,22-24,30-31,37,40-45,56-57H,21,25-29H2,1-7H3,(H,51,59)(H,52,60)(H,53,58)/t30-,31-,37+,40-,41-,42?,43-,44+,45-/m0/s1. The number of hydroxylamine groups is 2. The monoisotopic (exact) mass is 845 g/mol. The molecular formula is C50H63N5O7. The number of methoxy groups -OCH3 is 1. The first-order valence-electron chi connectivity index (χ1n) is 21.9. The van der Waals surface area contributed by atoms with Crippen LogP contribution >= 0.6 is 0 Å². The first-order valence-corrected chi connectivity index (χ1v) is 21.9. The highest BCUT2D eigenvalue weighted by molar-refractivity contribution is 6.00. The zero-order valence-corrected chi connectivity index (χ0v) is 37.0. The topological polar surface area (TPSA) is 153 Å². The molecule has 0 aromatic heterocycles. The third kappa shape index (κ3) is 9.39. The van der Waals surface area contributed by atoms with E-state index in [1.54, 1.807) is 31.2 Å². The molecular weight excluding hydrogens is 783 g/mol. The number of rotatable bonds is 16. The summed E-state index contributed by atoms with van der Waals surface area (Å²) in [6, 6.07) is 28.8. The number of nitrogens with one attached hydrogen (secondary N) is 3. The van der Waals surface area contributed by atoms with Gasteiger partial charge in [-0.3, -0.25) is 19.2 Å². The molecule has 3 aliphatic carbocycles. The second kappa shape index (κ2) is 19.0. The van der Waals surface area contributed by atoms with Crippen LogP contribution in [0.4, 0.5) is 5.69 Å². The summed E-state index contributed by atoms with van der Waals surface area (Å²) in [6.45, 7) is 8.59. The Morgan fingerprint density at radius 1 is 0.952 bits per heavy atom. The lowest BCUT2D eigenvalue weighted by Crippen LogP contribution is -2.62. The van der Waals surface area contributed by atoms with E-state index in [4.69, 9.17) is 9.57 Å². The highest BCUT2D eigenvalue weighted by atomic mass is 16.7. The number of benzene rings is 4. The summed E-state index contributed by atoms with van der Waals surface area (Å²) in [5.41, 5.74) is 5.35. The molecule has 1 saturated heterocycles. The third-order valence-electron chi connectivity index (χ3n) is 13.9. The van der Waals surface area contributed by atoms with E-state index in [-0.39, 0.29) is 36.4 Å². The molecule has 330 valence electrons. The van der Waals surface area contributed by atoms with Crippen molar-refractivity contribution >= 4 is 23.4 Å². The summed E-state index contributed by atoms with van der Waals surface area (Å²) < 4.78 is 6.11. The van der Waals surface area contributed by atoms with Crippen LogP contribution in [0.25, 0.3) is 11.1 Å². The van der Waals surface area contributed by atoms with Gasteiger partial charge in [0, 0.05) is 61.4 Å². The third-order valence-corrected chi connectivity index (χ3v) is 13.9. The molecule has 4 aliphatic rings. The lowest BCUT2D eigenvalue weighted by atomic mass is 9.45. The first-order chi connectivity index (χ1) is 29.7. The molecule has 4 fully saturated rings. The number of hydrogen-bond acceptors (Lipinski definition) is 9. The van der Waals surface area contributed by atoms with Crippen molar-refractivity contribution in [2.24, 2.45) is 29.1 Å². The number of amides is 3. The van der Waals surface area contributed by atoms with E-state index in [1.807, 2.05) is 104 Å². The van der Waals surface area contributed by atoms with E-state index >= 15 is 0 Å². The number of nitrogens with zero attached hydrogens (tertiary/aromatic N) is 2. The van der Waals surface area contributed by atoms with Crippen molar-refractivity contribution in [2.45, 2.75) is 90.4 Å². The minimum Gasteiger partial charge on any atom is -0.496 e. The predicted octanol–water partition coefficient (Wildman–Crippen LogP) is 5.75. The van der Waals surface area contributed by atoms with E-state index < -0.39 is 36.1 Å². The molecule has 62 heavy (non-hydrogen) atoms. The molecule has 8 rings (SSSR count). The van der Waals surface area contributed by atoms with Crippen LogP contribution < -0.4 is 25.6 Å². The highest BCUT2D eigenvalue weighted by Gasteiger charge is 2.57. The highest BCUT2D eigenvalue weighted by Crippen LogP contribution is 2.61. The van der Waals surface area contributed by atoms with Crippen molar-refractivity contribution in [3.63, 3.8) is 0 Å². The molecule has 9 atom stereocenters. The molecule has 3 saturated carbocycles. The summed E-state index contributed by atoms with van der Waals surface area (Å²) in [7, 11) is 5.37. The summed E-state index contributed by atoms with van der Waals surface area (Å²) in [4.78, 5) is 50.5. The second-order valence-corrected chi connectivity index (χ2v) is 18.3. The Kier molecular flexibility index (Phi) is 13.7. The molecule has 0 radical (unpaired) electrons. The molecule has 0 spiro atoms. The normalized spacial score (nSPS) is 24.9. The van der Waals surface area contributed by atoms with Crippen LogP contribution in [0.5, 0.6) is 5.75 Å². The number of anilines is 1. The minimum absolute atomic E-state index is 0.00877. The minimum atomic E-state index is -0.933. The van der Waals surface area contributed by atoms with Gasteiger partial charge in [-0.25, -0.2) is 0 Å². The quantitative estimate of drug-likeness (QED) is 0.0951. The SMILES string of the molecule is COc1c(CN2O[C@@H](CO)[C@@H]([C@H](C)O)[C@H]2C(=O)N[C@H]2C[C@H]3C[C@@H]([C@@H]2C)C3(C)C)cccc1-c1cc(C(=O)NC(Cc2ccccc2)C(=O)NCc2ccccc2)cc(N(C)C)c1. The van der Waals surface area contributed by atoms with Crippen LogP contribution in [0.1, 0.15) is 67.6 Å². The smallest absolute Gasteiger partial charge is 0.252 e. The molecule has 1 heterocycles. The summed E-state index contributed by atoms with van der Waals surface area (Å²) in [6.07, 6.45) is 0.664. The average Bonchev–Trinajstić information content (AvgIpc) is 3.64. The van der Waals surface area contributed by atoms with Crippen LogP contribution in [0.15, 0.2) is 97.1 Å². The van der Waals surface area contributed by atoms with Crippen LogP contribution in [-0.4, -0.2) is 91.1 Å². The van der Waals surface area contributed by atoms with Gasteiger partial charge < -0.3 is 35.8 Å². The Morgan fingerprint density at radius 2 is 1.65 bits per heavy atom. The number of carbonyl (C=O) groups excluding carboxylic acids is 3. The van der Waals surface area contributed by atoms with Gasteiger partial charge in [0.05, 0.1) is 26.4 Å². The van der Waals surface area contributed by atoms with Crippen LogP contribution in [0, 0.1) is 29.1 Å². The van der Waals surface area contributed by atoms with Gasteiger partial charge in [0.15, 0.2) is 0 Å². The van der Waals surface area contributed by atoms with Crippen LogP contribution in [0.3, 0.4) is 0 Å². The number of fused-ring (bicyclic) bond motifs is 2. The number of ether oxygens (including phenoxy) is 1. The van der Waals surface area contributed by atoms with Crippen molar-refractivity contribution in [3.8, 4) is 16.9 Å². The largest absolute Gasteiger partial charge is 0.496 e. The molecule has 1 unspecified atom stereocenters. The van der Waals surface area contributed by atoms with Crippen molar-refractivity contribution < 1.29 is 34.2 Å². The molecule has 4 aromatic carbocycles. The van der Waals surface area contributed by atoms with Gasteiger partial charge in [-0.1, -0.05) is 99.6 Å². The van der Waals surface area contributed by atoms with Gasteiger partial charge in [-0.05, 0) is 77.8 Å². The zero-order chi connectivity index (χ0) is 44.3. The molecule has 2 bridgehead atoms. The van der Waals surface area contributed by atoms with Gasteiger partial charge in [0.2, 0.25) is 11.8 Å². The van der Waals surface area contributed by atoms with E-state index in [0.717, 1.165) is 23.2 Å². The van der Waals surface area contributed by atoms with Crippen LogP contribution in [-0.2, 0) is 33.9 Å². The van der Waals surface area contributed by atoms with E-state index in [2.05, 4.69) is 36.7 Å². The Balaban J connectivity index is 1.15. The van der Waals surface area contributed by atoms with Crippen molar-refractivity contribution in [1.29, 1.82) is 0 Å². The first kappa shape index (κ1) is 44.8. The van der Waals surface area contributed by atoms with E-state index in [9.17, 15) is 24.6 Å². The average molecular weight is 846 g/mol. The number of aliphatic hydroxyl groups is 2. The van der Waals surface area contributed by atoms with Crippen molar-refractivity contribution in [1.82, 2.24) is 21.0 Å². The Labute approximate surface area is 365 Å². The van der Waals surface area contributed by atoms with Gasteiger partial charge in [0.1, 0.15) is 23.9 Å². The molecule has 1 aliphatic heterocycles. The molecule has 12 heteroatoms. The number of aliphatic hydroxyl groups excluding tert-OH is 2. The number of carbonyl (C=O) groups is 3. The van der Waals surface area contributed by atoms with Crippen molar-refractivity contribution in [2.75, 3.05) is 32.7 Å². The maximum Gasteiger partial charge on any atom is 0.252 e. The second-order valence-electron chi connectivity index (χ2n) is 18.3. The maximum absolute atomic E-state index is 14.4. The lowest BCUT2D eigenvalue weighted by Gasteiger charge is -2.62. The Morgan fingerprint density at radius 3 is 2.26 bits per heavy atom. The molecule has 5 N–H and O–H groups in total. The number of para-hydroxylation sites is 1. The van der Waals surface area contributed by atoms with Gasteiger partial charge >= 0.3 is 0 Å². The zero-order valence-electron chi connectivity index (χ0n) is 37.0. The fourth-order valence-corrected chi connectivity index (χ4v) is 10.2. The maximum atomic E-state index is 14.4. The summed E-state index contributed by atoms with van der Waals surface area (Å²) in [5, 5.41) is 32.4. The number of hydrogen-bond donors (Lipinski definition) is 5. The fraction of sp³-hybridized carbons (Fsp3) is 0.460. The van der Waals surface area contributed by atoms with E-state index in [1.165, 1.54) is 6.42 Å². The van der Waals surface area contributed by atoms with Gasteiger partial charge in [-0.2, -0.15) is 5.06 Å². The van der Waals surface area contributed by atoms with Crippen LogP contribution in [0.2, 0.25) is 0 Å². The lowest BCUT2D eigenvalue weighted by molar-refractivity contribution is -0.183. The van der Waals surface area contributed by atoms with E-state index in [0.29, 0.717) is 58.7 Å². The van der Waals surface area contributed by atoms with Gasteiger partial charge in [0.25, 0.3) is 5.91 Å². The summed E-state index contributed by atoms with van der Waals surface area (Å²) in [5.74, 6) is 0.292. The molecule has 3 amide bonds. The Hall–Kier alpha value is -5.27. The fourth-order valence-electron chi connectivity index (χ4n) is 10.2. The summed E-state index contributed by atoms with van der Waals surface area (Å²) >= 11 is 0. The predicted molar refractivity (Wildman–Crippen MR) is 240 cm³/mol. The molecule has 12 nitrogen and oxygen atoms in total. The Bertz CT molecular complexity index is 2200.